The first kappa shape index (κ1) is 19.7. The fourth-order valence-corrected chi connectivity index (χ4v) is 3.38. The number of hydrogen-bond donors (Lipinski definition) is 2. The minimum absolute atomic E-state index is 0.0408. The molecule has 0 fully saturated rings. The Bertz CT molecular complexity index is 1260. The zero-order valence-electron chi connectivity index (χ0n) is 16.3. The molecule has 0 aliphatic carbocycles. The van der Waals surface area contributed by atoms with E-state index in [2.05, 4.69) is 10.3 Å². The largest absolute Gasteiger partial charge is 0.322 e. The van der Waals surface area contributed by atoms with Crippen LogP contribution in [-0.2, 0) is 0 Å². The molecule has 0 spiro atoms. The number of pyridine rings is 1. The first-order chi connectivity index (χ1) is 14.5. The van der Waals surface area contributed by atoms with Crippen molar-refractivity contribution in [1.82, 2.24) is 4.98 Å². The first-order valence-electron chi connectivity index (χ1n) is 9.48. The Kier molecular flexibility index (Phi) is 5.50. The lowest BCUT2D eigenvalue weighted by molar-refractivity contribution is 0.102. The van der Waals surface area contributed by atoms with Gasteiger partial charge in [-0.1, -0.05) is 72.3 Å². The van der Waals surface area contributed by atoms with Crippen LogP contribution in [0.25, 0.3) is 22.4 Å². The number of anilines is 1. The van der Waals surface area contributed by atoms with E-state index in [9.17, 15) is 9.59 Å². The van der Waals surface area contributed by atoms with Crippen molar-refractivity contribution < 1.29 is 4.79 Å². The minimum atomic E-state index is -0.479. The molecule has 4 rings (SSSR count). The third-order valence-corrected chi connectivity index (χ3v) is 5.14. The van der Waals surface area contributed by atoms with Crippen molar-refractivity contribution in [3.8, 4) is 22.4 Å². The van der Waals surface area contributed by atoms with Gasteiger partial charge >= 0.3 is 0 Å². The molecule has 1 aromatic heterocycles. The van der Waals surface area contributed by atoms with E-state index in [0.29, 0.717) is 16.4 Å². The summed E-state index contributed by atoms with van der Waals surface area (Å²) in [6, 6.07) is 26.5. The van der Waals surface area contributed by atoms with Gasteiger partial charge in [0.2, 0.25) is 0 Å². The second-order valence-corrected chi connectivity index (χ2v) is 7.41. The fraction of sp³-hybridized carbons (Fsp3) is 0.0400. The van der Waals surface area contributed by atoms with E-state index in [0.717, 1.165) is 22.3 Å². The van der Waals surface area contributed by atoms with Crippen LogP contribution in [0.4, 0.5) is 5.69 Å². The number of rotatable bonds is 4. The third kappa shape index (κ3) is 4.19. The van der Waals surface area contributed by atoms with Gasteiger partial charge in [0.25, 0.3) is 11.5 Å². The smallest absolute Gasteiger partial charge is 0.261 e. The minimum Gasteiger partial charge on any atom is -0.322 e. The lowest BCUT2D eigenvalue weighted by Gasteiger charge is -2.09. The molecular weight excluding hydrogens is 396 g/mol. The van der Waals surface area contributed by atoms with Crippen LogP contribution in [0.3, 0.4) is 0 Å². The molecule has 0 atom stereocenters. The SMILES string of the molecule is Cc1ccc(Cl)cc1NC(=O)c1ccc(-c2ccc(-c3ccccc3)cc2)[nH]c1=O. The number of carbonyl (C=O) groups is 1. The molecule has 30 heavy (non-hydrogen) atoms. The highest BCUT2D eigenvalue weighted by atomic mass is 35.5. The lowest BCUT2D eigenvalue weighted by atomic mass is 10.0. The van der Waals surface area contributed by atoms with Crippen LogP contribution in [-0.4, -0.2) is 10.9 Å². The van der Waals surface area contributed by atoms with Crippen LogP contribution in [0.1, 0.15) is 15.9 Å². The van der Waals surface area contributed by atoms with Crippen molar-refractivity contribution in [3.63, 3.8) is 0 Å². The standard InChI is InChI=1S/C25H19ClN2O2/c1-16-7-12-20(26)15-23(16)28-25(30)21-13-14-22(27-24(21)29)19-10-8-18(9-11-19)17-5-3-2-4-6-17/h2-15H,1H3,(H,27,29)(H,28,30). The van der Waals surface area contributed by atoms with Crippen molar-refractivity contribution in [2.24, 2.45) is 0 Å². The molecule has 0 unspecified atom stereocenters. The van der Waals surface area contributed by atoms with Gasteiger partial charge in [-0.15, -0.1) is 0 Å². The summed E-state index contributed by atoms with van der Waals surface area (Å²) in [6.07, 6.45) is 0. The molecule has 5 heteroatoms. The topological polar surface area (TPSA) is 62.0 Å². The molecule has 4 aromatic rings. The highest BCUT2D eigenvalue weighted by Crippen LogP contribution is 2.24. The Balaban J connectivity index is 1.56. The summed E-state index contributed by atoms with van der Waals surface area (Å²) in [4.78, 5) is 27.9. The van der Waals surface area contributed by atoms with E-state index in [4.69, 9.17) is 11.6 Å². The van der Waals surface area contributed by atoms with E-state index in [1.54, 1.807) is 18.2 Å². The molecule has 0 bridgehead atoms. The molecule has 1 amide bonds. The number of halogens is 1. The number of benzene rings is 3. The van der Waals surface area contributed by atoms with Gasteiger partial charge in [-0.05, 0) is 53.4 Å². The van der Waals surface area contributed by atoms with Crippen molar-refractivity contribution in [3.05, 3.63) is 111 Å². The molecule has 4 nitrogen and oxygen atoms in total. The maximum Gasteiger partial charge on any atom is 0.261 e. The number of aromatic amines is 1. The number of H-pyrrole nitrogens is 1. The normalized spacial score (nSPS) is 10.6. The second kappa shape index (κ2) is 8.39. The van der Waals surface area contributed by atoms with Gasteiger partial charge < -0.3 is 10.3 Å². The van der Waals surface area contributed by atoms with Crippen LogP contribution in [0.5, 0.6) is 0 Å². The quantitative estimate of drug-likeness (QED) is 0.435. The average Bonchev–Trinajstić information content (AvgIpc) is 2.77. The summed E-state index contributed by atoms with van der Waals surface area (Å²) in [7, 11) is 0. The monoisotopic (exact) mass is 414 g/mol. The molecule has 2 N–H and O–H groups in total. The molecule has 0 aliphatic rings. The fourth-order valence-electron chi connectivity index (χ4n) is 3.21. The zero-order valence-corrected chi connectivity index (χ0v) is 17.0. The maximum atomic E-state index is 12.6. The van der Waals surface area contributed by atoms with Gasteiger partial charge in [0.1, 0.15) is 5.56 Å². The molecule has 1 heterocycles. The number of amides is 1. The van der Waals surface area contributed by atoms with E-state index in [-0.39, 0.29) is 5.56 Å². The highest BCUT2D eigenvalue weighted by Gasteiger charge is 2.13. The summed E-state index contributed by atoms with van der Waals surface area (Å²) in [6.45, 7) is 1.86. The van der Waals surface area contributed by atoms with Crippen LogP contribution < -0.4 is 10.9 Å². The Morgan fingerprint density at radius 1 is 0.833 bits per heavy atom. The first-order valence-corrected chi connectivity index (χ1v) is 9.86. The number of aromatic nitrogens is 1. The zero-order chi connectivity index (χ0) is 21.1. The molecule has 0 radical (unpaired) electrons. The van der Waals surface area contributed by atoms with Crippen LogP contribution >= 0.6 is 11.6 Å². The predicted octanol–water partition coefficient (Wildman–Crippen LogP) is 5.92. The summed E-state index contributed by atoms with van der Waals surface area (Å²) in [5.41, 5.74) is 4.76. The molecule has 0 aliphatic heterocycles. The Labute approximate surface area is 179 Å². The van der Waals surface area contributed by atoms with Crippen LogP contribution in [0, 0.1) is 6.92 Å². The van der Waals surface area contributed by atoms with Crippen molar-refractivity contribution >= 4 is 23.2 Å². The average molecular weight is 415 g/mol. The number of aryl methyl sites for hydroxylation is 1. The Morgan fingerprint density at radius 3 is 2.20 bits per heavy atom. The van der Waals surface area contributed by atoms with Gasteiger partial charge in [0, 0.05) is 16.4 Å². The molecule has 0 saturated carbocycles. The van der Waals surface area contributed by atoms with Crippen molar-refractivity contribution in [1.29, 1.82) is 0 Å². The molecular formula is C25H19ClN2O2. The second-order valence-electron chi connectivity index (χ2n) is 6.97. The summed E-state index contributed by atoms with van der Waals surface area (Å²) >= 11 is 6.00. The highest BCUT2D eigenvalue weighted by molar-refractivity contribution is 6.31. The molecule has 3 aromatic carbocycles. The number of hydrogen-bond acceptors (Lipinski definition) is 2. The van der Waals surface area contributed by atoms with Crippen molar-refractivity contribution in [2.45, 2.75) is 6.92 Å². The van der Waals surface area contributed by atoms with Gasteiger partial charge in [-0.3, -0.25) is 9.59 Å². The van der Waals surface area contributed by atoms with Gasteiger partial charge in [-0.25, -0.2) is 0 Å². The number of carbonyl (C=O) groups excluding carboxylic acids is 1. The van der Waals surface area contributed by atoms with Crippen LogP contribution in [0.2, 0.25) is 5.02 Å². The van der Waals surface area contributed by atoms with Gasteiger partial charge in [0.05, 0.1) is 0 Å². The van der Waals surface area contributed by atoms with E-state index in [1.807, 2.05) is 67.6 Å². The molecule has 148 valence electrons. The summed E-state index contributed by atoms with van der Waals surface area (Å²) in [5.74, 6) is -0.479. The third-order valence-electron chi connectivity index (χ3n) is 4.90. The molecule has 0 saturated heterocycles. The predicted molar refractivity (Wildman–Crippen MR) is 122 cm³/mol. The maximum absolute atomic E-state index is 12.6. The van der Waals surface area contributed by atoms with Gasteiger partial charge in [0.15, 0.2) is 0 Å². The van der Waals surface area contributed by atoms with Gasteiger partial charge in [-0.2, -0.15) is 0 Å². The summed E-state index contributed by atoms with van der Waals surface area (Å²) < 4.78 is 0. The lowest BCUT2D eigenvalue weighted by Crippen LogP contribution is -2.23. The Morgan fingerprint density at radius 2 is 1.50 bits per heavy atom. The number of nitrogens with one attached hydrogen (secondary N) is 2. The Hall–Kier alpha value is -3.63. The van der Waals surface area contributed by atoms with Crippen molar-refractivity contribution in [2.75, 3.05) is 5.32 Å². The summed E-state index contributed by atoms with van der Waals surface area (Å²) in [5, 5.41) is 3.26. The van der Waals surface area contributed by atoms with E-state index >= 15 is 0 Å². The van der Waals surface area contributed by atoms with E-state index < -0.39 is 11.5 Å². The van der Waals surface area contributed by atoms with Crippen LogP contribution in [0.15, 0.2) is 89.7 Å². The van der Waals surface area contributed by atoms with E-state index in [1.165, 1.54) is 6.07 Å².